The number of rotatable bonds is 8. The van der Waals surface area contributed by atoms with Crippen molar-refractivity contribution < 1.29 is 5.11 Å². The maximum atomic E-state index is 13.1. The molecule has 0 saturated carbocycles. The molecule has 0 spiro atoms. The van der Waals surface area contributed by atoms with Gasteiger partial charge < -0.3 is 5.11 Å². The van der Waals surface area contributed by atoms with Crippen LogP contribution in [0.3, 0.4) is 0 Å². The number of aromatic nitrogens is 3. The molecule has 1 N–H and O–H groups in total. The minimum atomic E-state index is -0.264. The zero-order valence-corrected chi connectivity index (χ0v) is 41.8. The van der Waals surface area contributed by atoms with Gasteiger partial charge in [-0.05, 0) is 126 Å². The van der Waals surface area contributed by atoms with E-state index in [2.05, 4.69) is 249 Å². The van der Waals surface area contributed by atoms with Crippen molar-refractivity contribution >= 4 is 11.0 Å². The predicted octanol–water partition coefficient (Wildman–Crippen LogP) is 17.7. The van der Waals surface area contributed by atoms with Crippen molar-refractivity contribution in [2.75, 3.05) is 0 Å². The molecule has 0 atom stereocenters. The zero-order valence-electron chi connectivity index (χ0n) is 41.8. The molecule has 4 nitrogen and oxygen atoms in total. The second-order valence-electron chi connectivity index (χ2n) is 21.7. The smallest absolute Gasteiger partial charge is 0.149 e. The van der Waals surface area contributed by atoms with Crippen LogP contribution in [0.1, 0.15) is 79.0 Å². The SMILES string of the molecule is CC(C)(C)c1cc(-c2cc(-c3ccccc3)ccn2)cc(-c2cccc3c2nc(-c2cc(C(C)(C)C)cc(-c4ccccc4-c4ccccc4)c2O)n3-c2ccc(C(C)(C)C)cc2-c2ccccc2)c1. The van der Waals surface area contributed by atoms with Crippen LogP contribution in [-0.4, -0.2) is 19.6 Å². The summed E-state index contributed by atoms with van der Waals surface area (Å²) in [5.74, 6) is 0.845. The summed E-state index contributed by atoms with van der Waals surface area (Å²) in [5.41, 5.74) is 18.7. The van der Waals surface area contributed by atoms with Gasteiger partial charge in [-0.1, -0.05) is 202 Å². The molecule has 10 aromatic rings. The lowest BCUT2D eigenvalue weighted by molar-refractivity contribution is 0.477. The Labute approximate surface area is 414 Å². The Balaban J connectivity index is 1.29. The largest absolute Gasteiger partial charge is 0.507 e. The van der Waals surface area contributed by atoms with E-state index < -0.39 is 0 Å². The van der Waals surface area contributed by atoms with Crippen molar-refractivity contribution in [3.05, 3.63) is 217 Å². The van der Waals surface area contributed by atoms with E-state index in [0.29, 0.717) is 11.4 Å². The highest BCUT2D eigenvalue weighted by Crippen LogP contribution is 2.48. The fourth-order valence-electron chi connectivity index (χ4n) is 9.60. The van der Waals surface area contributed by atoms with E-state index >= 15 is 0 Å². The highest BCUT2D eigenvalue weighted by Gasteiger charge is 2.28. The standard InChI is InChI=1S/C66H61N3O/c1-64(2,3)49-32-33-59(55(40-49)45-26-17-12-18-27-45)69-60-31-21-30-53(47-36-48(38-50(37-47)65(4,5)6)58-39-46(34-35-67-58)43-22-13-10-14-23-43)61(60)68-63(69)57-42-51(66(7,8)9)41-56(62(57)70)54-29-20-19-28-52(54)44-24-15-11-16-25-44/h10-42,70H,1-9H3. The average Bonchev–Trinajstić information content (AvgIpc) is 3.75. The summed E-state index contributed by atoms with van der Waals surface area (Å²) in [6, 6.07) is 68.8. The lowest BCUT2D eigenvalue weighted by Crippen LogP contribution is -2.13. The summed E-state index contributed by atoms with van der Waals surface area (Å²) in [6.45, 7) is 20.3. The van der Waals surface area contributed by atoms with E-state index in [1.54, 1.807) is 0 Å². The van der Waals surface area contributed by atoms with E-state index in [1.165, 1.54) is 11.1 Å². The molecule has 0 aliphatic carbocycles. The van der Waals surface area contributed by atoms with Crippen LogP contribution < -0.4 is 0 Å². The van der Waals surface area contributed by atoms with E-state index in [4.69, 9.17) is 9.97 Å². The van der Waals surface area contributed by atoms with Crippen LogP contribution in [0, 0.1) is 0 Å². The maximum Gasteiger partial charge on any atom is 0.149 e. The summed E-state index contributed by atoms with van der Waals surface area (Å²) in [6.07, 6.45) is 1.91. The van der Waals surface area contributed by atoms with Gasteiger partial charge in [-0.25, -0.2) is 4.98 Å². The van der Waals surface area contributed by atoms with Crippen LogP contribution in [0.15, 0.2) is 200 Å². The number of imidazole rings is 1. The minimum Gasteiger partial charge on any atom is -0.507 e. The van der Waals surface area contributed by atoms with E-state index in [1.807, 2.05) is 18.3 Å². The Hall–Kier alpha value is -7.82. The molecule has 0 bridgehead atoms. The Kier molecular flexibility index (Phi) is 11.8. The summed E-state index contributed by atoms with van der Waals surface area (Å²) in [7, 11) is 0. The molecule has 0 fully saturated rings. The van der Waals surface area contributed by atoms with Crippen LogP contribution in [0.4, 0.5) is 0 Å². The van der Waals surface area contributed by atoms with Gasteiger partial charge >= 0.3 is 0 Å². The van der Waals surface area contributed by atoms with Crippen LogP contribution in [0.2, 0.25) is 0 Å². The quantitative estimate of drug-likeness (QED) is 0.165. The van der Waals surface area contributed by atoms with Gasteiger partial charge in [0.15, 0.2) is 0 Å². The minimum absolute atomic E-state index is 0.0966. The van der Waals surface area contributed by atoms with E-state index in [-0.39, 0.29) is 22.0 Å². The lowest BCUT2D eigenvalue weighted by Gasteiger charge is -2.25. The number of fused-ring (bicyclic) bond motifs is 1. The molecular formula is C66H61N3O. The second-order valence-corrected chi connectivity index (χ2v) is 21.7. The third-order valence-corrected chi connectivity index (χ3v) is 13.7. The van der Waals surface area contributed by atoms with Gasteiger partial charge in [0, 0.05) is 28.5 Å². The molecule has 0 unspecified atom stereocenters. The molecular weight excluding hydrogens is 851 g/mol. The van der Waals surface area contributed by atoms with Crippen molar-refractivity contribution in [2.45, 2.75) is 78.6 Å². The van der Waals surface area contributed by atoms with Crippen LogP contribution in [0.25, 0.3) is 95.0 Å². The number of phenolic OH excluding ortho intramolecular Hbond substituents is 1. The molecule has 4 heteroatoms. The molecule has 2 aromatic heterocycles. The normalized spacial score (nSPS) is 12.1. The fraction of sp³-hybridized carbons (Fsp3) is 0.182. The number of nitrogens with zero attached hydrogens (tertiary/aromatic N) is 3. The molecule has 0 saturated heterocycles. The molecule has 346 valence electrons. The molecule has 0 amide bonds. The highest BCUT2D eigenvalue weighted by molar-refractivity contribution is 5.99. The highest BCUT2D eigenvalue weighted by atomic mass is 16.3. The second kappa shape index (κ2) is 17.9. The first-order chi connectivity index (χ1) is 33.5. The Bertz CT molecular complexity index is 3530. The number of hydrogen-bond acceptors (Lipinski definition) is 3. The molecule has 0 radical (unpaired) electrons. The number of para-hydroxylation sites is 1. The van der Waals surface area contributed by atoms with E-state index in [0.717, 1.165) is 89.2 Å². The Morgan fingerprint density at radius 1 is 0.371 bits per heavy atom. The molecule has 70 heavy (non-hydrogen) atoms. The first-order valence-electron chi connectivity index (χ1n) is 24.5. The van der Waals surface area contributed by atoms with Crippen molar-refractivity contribution in [1.29, 1.82) is 0 Å². The first kappa shape index (κ1) is 45.9. The molecule has 0 aliphatic heterocycles. The third kappa shape index (κ3) is 8.87. The van der Waals surface area contributed by atoms with Crippen molar-refractivity contribution in [3.8, 4) is 89.7 Å². The zero-order chi connectivity index (χ0) is 49.0. The topological polar surface area (TPSA) is 50.9 Å². The molecule has 10 rings (SSSR count). The summed E-state index contributed by atoms with van der Waals surface area (Å²) >= 11 is 0. The van der Waals surface area contributed by atoms with Crippen LogP contribution >= 0.6 is 0 Å². The number of aromatic hydroxyl groups is 1. The van der Waals surface area contributed by atoms with Gasteiger partial charge in [-0.15, -0.1) is 0 Å². The van der Waals surface area contributed by atoms with Gasteiger partial charge in [0.2, 0.25) is 0 Å². The third-order valence-electron chi connectivity index (χ3n) is 13.7. The van der Waals surface area contributed by atoms with Crippen molar-refractivity contribution in [1.82, 2.24) is 14.5 Å². The first-order valence-corrected chi connectivity index (χ1v) is 24.5. The Morgan fingerprint density at radius 2 is 0.900 bits per heavy atom. The summed E-state index contributed by atoms with van der Waals surface area (Å²) in [4.78, 5) is 10.7. The number of benzene rings is 8. The van der Waals surface area contributed by atoms with Gasteiger partial charge in [0.25, 0.3) is 0 Å². The average molecular weight is 912 g/mol. The maximum absolute atomic E-state index is 13.1. The van der Waals surface area contributed by atoms with Crippen molar-refractivity contribution in [3.63, 3.8) is 0 Å². The molecule has 0 aliphatic rings. The van der Waals surface area contributed by atoms with E-state index in [9.17, 15) is 5.11 Å². The van der Waals surface area contributed by atoms with Gasteiger partial charge in [-0.3, -0.25) is 9.55 Å². The lowest BCUT2D eigenvalue weighted by atomic mass is 9.82. The van der Waals surface area contributed by atoms with Gasteiger partial charge in [0.05, 0.1) is 28.0 Å². The summed E-state index contributed by atoms with van der Waals surface area (Å²) < 4.78 is 2.29. The van der Waals surface area contributed by atoms with Crippen molar-refractivity contribution in [2.24, 2.45) is 0 Å². The Morgan fingerprint density at radius 3 is 1.54 bits per heavy atom. The van der Waals surface area contributed by atoms with Gasteiger partial charge in [-0.2, -0.15) is 0 Å². The predicted molar refractivity (Wildman–Crippen MR) is 295 cm³/mol. The fourth-order valence-corrected chi connectivity index (χ4v) is 9.60. The van der Waals surface area contributed by atoms with Crippen LogP contribution in [-0.2, 0) is 16.2 Å². The number of hydrogen-bond donors (Lipinski definition) is 1. The monoisotopic (exact) mass is 911 g/mol. The molecule has 8 aromatic carbocycles. The van der Waals surface area contributed by atoms with Gasteiger partial charge in [0.1, 0.15) is 11.6 Å². The molecule has 2 heterocycles. The van der Waals surface area contributed by atoms with Crippen LogP contribution in [0.5, 0.6) is 5.75 Å². The summed E-state index contributed by atoms with van der Waals surface area (Å²) in [5, 5.41) is 13.1. The number of phenols is 1. The number of pyridine rings is 1.